The van der Waals surface area contributed by atoms with Crippen molar-refractivity contribution in [3.05, 3.63) is 59.9 Å². The fourth-order valence-electron chi connectivity index (χ4n) is 2.80. The average Bonchev–Trinajstić information content (AvgIpc) is 2.73. The Labute approximate surface area is 180 Å². The number of carbonyl (C=O) groups is 1. The molecule has 2 aromatic heterocycles. The van der Waals surface area contributed by atoms with Crippen LogP contribution in [0.15, 0.2) is 53.6 Å². The number of para-hydroxylation sites is 1. The number of amides is 1. The summed E-state index contributed by atoms with van der Waals surface area (Å²) in [6.45, 7) is 0.424. The number of pyridine rings is 1. The number of anilines is 4. The molecule has 1 amide bonds. The number of methoxy groups -OCH3 is 1. The molecule has 0 fully saturated rings. The van der Waals surface area contributed by atoms with Crippen LogP contribution in [0.25, 0.3) is 0 Å². The minimum atomic E-state index is -3.50. The molecule has 0 saturated carbocycles. The van der Waals surface area contributed by atoms with E-state index in [9.17, 15) is 13.2 Å². The Bertz CT molecular complexity index is 1200. The Morgan fingerprint density at radius 2 is 1.81 bits per heavy atom. The lowest BCUT2D eigenvalue weighted by Crippen LogP contribution is -2.21. The maximum absolute atomic E-state index is 12.3. The summed E-state index contributed by atoms with van der Waals surface area (Å²) in [5, 5.41) is 16.6. The predicted octanol–water partition coefficient (Wildman–Crippen LogP) is 2.27. The van der Waals surface area contributed by atoms with E-state index in [0.717, 1.165) is 11.8 Å². The zero-order valence-corrected chi connectivity index (χ0v) is 18.0. The number of rotatable bonds is 8. The van der Waals surface area contributed by atoms with Crippen LogP contribution in [0.4, 0.5) is 23.0 Å². The molecule has 11 heteroatoms. The average molecular weight is 443 g/mol. The molecule has 0 atom stereocenters. The number of carbonyl (C=O) groups excluding carboxylic acids is 1. The number of ether oxygens (including phenoxy) is 1. The quantitative estimate of drug-likeness (QED) is 0.480. The van der Waals surface area contributed by atoms with Crippen LogP contribution < -0.4 is 16.0 Å². The highest BCUT2D eigenvalue weighted by atomic mass is 32.2. The van der Waals surface area contributed by atoms with Crippen LogP contribution in [0, 0.1) is 0 Å². The van der Waals surface area contributed by atoms with Crippen molar-refractivity contribution in [2.75, 3.05) is 31.0 Å². The molecule has 0 spiro atoms. The minimum Gasteiger partial charge on any atom is -0.380 e. The molecule has 3 aromatic rings. The lowest BCUT2D eigenvalue weighted by Gasteiger charge is -2.14. The van der Waals surface area contributed by atoms with Crippen LogP contribution >= 0.6 is 0 Å². The lowest BCUT2D eigenvalue weighted by atomic mass is 10.2. The first kappa shape index (κ1) is 22.1. The second kappa shape index (κ2) is 9.49. The van der Waals surface area contributed by atoms with Crippen LogP contribution in [0.5, 0.6) is 0 Å². The van der Waals surface area contributed by atoms with Gasteiger partial charge in [-0.25, -0.2) is 13.4 Å². The van der Waals surface area contributed by atoms with E-state index in [4.69, 9.17) is 4.74 Å². The van der Waals surface area contributed by atoms with E-state index in [0.29, 0.717) is 23.9 Å². The number of hydrogen-bond acceptors (Lipinski definition) is 9. The summed E-state index contributed by atoms with van der Waals surface area (Å²) < 4.78 is 29.4. The zero-order chi connectivity index (χ0) is 22.4. The minimum absolute atomic E-state index is 0.0115. The summed E-state index contributed by atoms with van der Waals surface area (Å²) in [7, 11) is -0.430. The number of sulfone groups is 1. The van der Waals surface area contributed by atoms with E-state index < -0.39 is 15.7 Å². The highest BCUT2D eigenvalue weighted by Crippen LogP contribution is 2.28. The smallest absolute Gasteiger partial charge is 0.273 e. The lowest BCUT2D eigenvalue weighted by molar-refractivity contribution is 0.0958. The first-order chi connectivity index (χ1) is 14.8. The second-order valence-electron chi connectivity index (χ2n) is 6.57. The topological polar surface area (TPSA) is 135 Å². The van der Waals surface area contributed by atoms with Crippen molar-refractivity contribution < 1.29 is 17.9 Å². The van der Waals surface area contributed by atoms with Crippen LogP contribution in [0.2, 0.25) is 0 Å². The highest BCUT2D eigenvalue weighted by molar-refractivity contribution is 7.90. The van der Waals surface area contributed by atoms with Gasteiger partial charge in [-0.3, -0.25) is 4.79 Å². The van der Waals surface area contributed by atoms with Gasteiger partial charge in [0.1, 0.15) is 5.82 Å². The van der Waals surface area contributed by atoms with Crippen LogP contribution in [0.1, 0.15) is 16.1 Å². The van der Waals surface area contributed by atoms with Crippen molar-refractivity contribution in [1.29, 1.82) is 0 Å². The third-order valence-electron chi connectivity index (χ3n) is 4.18. The molecule has 0 aliphatic rings. The molecule has 162 valence electrons. The number of benzene rings is 1. The van der Waals surface area contributed by atoms with E-state index in [1.54, 1.807) is 43.6 Å². The molecule has 3 rings (SSSR count). The number of nitrogens with zero attached hydrogens (tertiary/aromatic N) is 3. The summed E-state index contributed by atoms with van der Waals surface area (Å²) >= 11 is 0. The van der Waals surface area contributed by atoms with Gasteiger partial charge in [0.15, 0.2) is 21.3 Å². The van der Waals surface area contributed by atoms with Crippen molar-refractivity contribution >= 4 is 38.8 Å². The molecule has 0 unspecified atom stereocenters. The first-order valence-corrected chi connectivity index (χ1v) is 11.1. The van der Waals surface area contributed by atoms with Crippen molar-refractivity contribution in [3.8, 4) is 0 Å². The zero-order valence-electron chi connectivity index (χ0n) is 17.2. The van der Waals surface area contributed by atoms with Gasteiger partial charge in [-0.1, -0.05) is 12.1 Å². The highest BCUT2D eigenvalue weighted by Gasteiger charge is 2.18. The van der Waals surface area contributed by atoms with Gasteiger partial charge < -0.3 is 20.7 Å². The van der Waals surface area contributed by atoms with E-state index >= 15 is 0 Å². The Kier molecular flexibility index (Phi) is 6.78. The van der Waals surface area contributed by atoms with Gasteiger partial charge in [-0.2, -0.15) is 0 Å². The number of hydrogen-bond donors (Lipinski definition) is 3. The predicted molar refractivity (Wildman–Crippen MR) is 116 cm³/mol. The molecular weight excluding hydrogens is 420 g/mol. The van der Waals surface area contributed by atoms with E-state index in [1.807, 2.05) is 6.07 Å². The fourth-order valence-corrected chi connectivity index (χ4v) is 3.65. The van der Waals surface area contributed by atoms with Crippen molar-refractivity contribution in [3.63, 3.8) is 0 Å². The number of nitrogens with one attached hydrogen (secondary N) is 3. The van der Waals surface area contributed by atoms with Crippen molar-refractivity contribution in [2.45, 2.75) is 11.5 Å². The van der Waals surface area contributed by atoms with Crippen LogP contribution in [0.3, 0.4) is 0 Å². The van der Waals surface area contributed by atoms with Gasteiger partial charge in [0.05, 0.1) is 22.9 Å². The first-order valence-electron chi connectivity index (χ1n) is 9.18. The Hall–Kier alpha value is -3.57. The van der Waals surface area contributed by atoms with Gasteiger partial charge in [0, 0.05) is 32.7 Å². The molecule has 0 bridgehead atoms. The fraction of sp³-hybridized carbons (Fsp3) is 0.200. The maximum Gasteiger partial charge on any atom is 0.273 e. The third kappa shape index (κ3) is 5.53. The van der Waals surface area contributed by atoms with Crippen molar-refractivity contribution in [1.82, 2.24) is 20.5 Å². The molecule has 0 aliphatic carbocycles. The Balaban J connectivity index is 1.99. The molecule has 0 radical (unpaired) electrons. The third-order valence-corrected chi connectivity index (χ3v) is 5.34. The molecule has 31 heavy (non-hydrogen) atoms. The van der Waals surface area contributed by atoms with Gasteiger partial charge in [-0.05, 0) is 29.8 Å². The largest absolute Gasteiger partial charge is 0.380 e. The van der Waals surface area contributed by atoms with Gasteiger partial charge in [0.25, 0.3) is 5.91 Å². The van der Waals surface area contributed by atoms with Crippen LogP contribution in [-0.2, 0) is 21.2 Å². The summed E-state index contributed by atoms with van der Waals surface area (Å²) in [5.41, 5.74) is 1.52. The molecule has 2 heterocycles. The Morgan fingerprint density at radius 3 is 2.52 bits per heavy atom. The summed E-state index contributed by atoms with van der Waals surface area (Å²) in [5.74, 6) is 0.353. The standard InChI is InChI=1S/C20H22N6O4S/c1-21-20(27)19-15(23-14-6-4-5-7-16(14)31(3,28)29)11-18(25-26-19)24-17-10-13(12-30-2)8-9-22-17/h4-11H,12H2,1-3H3,(H,21,27)(H2,22,23,24,25). The summed E-state index contributed by atoms with van der Waals surface area (Å²) in [6.07, 6.45) is 2.74. The summed E-state index contributed by atoms with van der Waals surface area (Å²) in [6, 6.07) is 11.6. The second-order valence-corrected chi connectivity index (χ2v) is 8.56. The molecule has 3 N–H and O–H groups in total. The SMILES string of the molecule is CNC(=O)c1nnc(Nc2cc(COC)ccn2)cc1Nc1ccccc1S(C)(=O)=O. The molecular formula is C20H22N6O4S. The normalized spacial score (nSPS) is 11.1. The van der Waals surface area contributed by atoms with E-state index in [2.05, 4.69) is 31.1 Å². The van der Waals surface area contributed by atoms with Gasteiger partial charge in [-0.15, -0.1) is 10.2 Å². The summed E-state index contributed by atoms with van der Waals surface area (Å²) in [4.78, 5) is 16.6. The molecule has 1 aromatic carbocycles. The van der Waals surface area contributed by atoms with E-state index in [1.165, 1.54) is 13.1 Å². The van der Waals surface area contributed by atoms with Gasteiger partial charge in [0.2, 0.25) is 0 Å². The number of aromatic nitrogens is 3. The van der Waals surface area contributed by atoms with Crippen molar-refractivity contribution in [2.24, 2.45) is 0 Å². The van der Waals surface area contributed by atoms with Gasteiger partial charge >= 0.3 is 0 Å². The maximum atomic E-state index is 12.3. The Morgan fingerprint density at radius 1 is 1.03 bits per heavy atom. The molecule has 10 nitrogen and oxygen atoms in total. The van der Waals surface area contributed by atoms with Crippen LogP contribution in [-0.4, -0.2) is 49.9 Å². The van der Waals surface area contributed by atoms with E-state index in [-0.39, 0.29) is 16.3 Å². The molecule has 0 aliphatic heterocycles. The molecule has 0 saturated heterocycles. The monoisotopic (exact) mass is 442 g/mol.